The van der Waals surface area contributed by atoms with Crippen LogP contribution in [0.4, 0.5) is 0 Å². The van der Waals surface area contributed by atoms with Crippen molar-refractivity contribution in [3.63, 3.8) is 0 Å². The third kappa shape index (κ3) is 4.11. The fraction of sp³-hybridized carbons (Fsp3) is 0.257. The van der Waals surface area contributed by atoms with E-state index in [4.69, 9.17) is 9.07 Å². The Morgan fingerprint density at radius 1 is 0.850 bits per heavy atom. The molecule has 0 amide bonds. The fourth-order valence-electron chi connectivity index (χ4n) is 5.87. The van der Waals surface area contributed by atoms with Crippen LogP contribution in [0.3, 0.4) is 0 Å². The molecule has 0 saturated carbocycles. The standard InChI is InChI=1S/C35H33BO3S/c1-20-15-32-27(33-28(11-8-12-31(33)40-32)36-39-35(4,5)34(2,3)37)19-24(20)23-13-14-29-25(17-23)26-16-21-9-6-7-10-22(21)18-30(26)38-29/h6-20,24,36-37H,1-5H3. The van der Waals surface area contributed by atoms with Crippen molar-refractivity contribution in [2.75, 3.05) is 0 Å². The molecule has 40 heavy (non-hydrogen) atoms. The number of aliphatic hydroxyl groups is 1. The molecule has 200 valence electrons. The number of furan rings is 1. The van der Waals surface area contributed by atoms with Gasteiger partial charge in [0.1, 0.15) is 11.2 Å². The van der Waals surface area contributed by atoms with Crippen molar-refractivity contribution in [3.05, 3.63) is 88.1 Å². The lowest BCUT2D eigenvalue weighted by atomic mass is 9.79. The van der Waals surface area contributed by atoms with Gasteiger partial charge in [0.2, 0.25) is 0 Å². The van der Waals surface area contributed by atoms with E-state index >= 15 is 0 Å². The van der Waals surface area contributed by atoms with Crippen LogP contribution in [-0.2, 0) is 4.65 Å². The highest BCUT2D eigenvalue weighted by Crippen LogP contribution is 2.37. The van der Waals surface area contributed by atoms with E-state index in [1.807, 2.05) is 25.2 Å². The van der Waals surface area contributed by atoms with E-state index in [-0.39, 0.29) is 5.92 Å². The van der Waals surface area contributed by atoms with Crippen LogP contribution in [0.15, 0.2) is 77.2 Å². The normalized spacial score (nSPS) is 17.8. The maximum Gasteiger partial charge on any atom is 0.310 e. The van der Waals surface area contributed by atoms with Gasteiger partial charge in [-0.1, -0.05) is 61.5 Å². The summed E-state index contributed by atoms with van der Waals surface area (Å²) in [7, 11) is 0.451. The monoisotopic (exact) mass is 544 g/mol. The Bertz CT molecular complexity index is 2060. The molecule has 1 aliphatic rings. The van der Waals surface area contributed by atoms with Gasteiger partial charge in [0.25, 0.3) is 0 Å². The van der Waals surface area contributed by atoms with Gasteiger partial charge >= 0.3 is 7.48 Å². The van der Waals surface area contributed by atoms with Crippen molar-refractivity contribution < 1.29 is 14.2 Å². The largest absolute Gasteiger partial charge is 0.456 e. The SMILES string of the molecule is CC1C=c2sc3cccc(BOC(C)(C)C(C)(C)O)c3c2=CC1c1ccc2oc3cc4ccccc4cc3c2c1. The van der Waals surface area contributed by atoms with Crippen LogP contribution in [0.25, 0.3) is 54.9 Å². The first-order chi connectivity index (χ1) is 19.1. The zero-order chi connectivity index (χ0) is 27.8. The third-order valence-electron chi connectivity index (χ3n) is 9.00. The number of hydrogen-bond acceptors (Lipinski definition) is 4. The minimum atomic E-state index is -0.947. The maximum atomic E-state index is 10.6. The topological polar surface area (TPSA) is 42.6 Å². The van der Waals surface area contributed by atoms with Crippen LogP contribution >= 0.6 is 11.3 Å². The Kier molecular flexibility index (Phi) is 5.80. The van der Waals surface area contributed by atoms with E-state index in [0.29, 0.717) is 13.4 Å². The molecule has 0 radical (unpaired) electrons. The highest BCUT2D eigenvalue weighted by Gasteiger charge is 2.36. The Balaban J connectivity index is 1.34. The van der Waals surface area contributed by atoms with Crippen molar-refractivity contribution in [3.8, 4) is 0 Å². The van der Waals surface area contributed by atoms with Gasteiger partial charge in [-0.05, 0) is 96.3 Å². The van der Waals surface area contributed by atoms with E-state index in [9.17, 15) is 5.11 Å². The average molecular weight is 545 g/mol. The Labute approximate surface area is 238 Å². The summed E-state index contributed by atoms with van der Waals surface area (Å²) in [5.74, 6) is 0.618. The van der Waals surface area contributed by atoms with Gasteiger partial charge in [0, 0.05) is 25.9 Å². The first kappa shape index (κ1) is 25.6. The van der Waals surface area contributed by atoms with Gasteiger partial charge in [-0.25, -0.2) is 0 Å². The third-order valence-corrected chi connectivity index (χ3v) is 10.1. The lowest BCUT2D eigenvalue weighted by molar-refractivity contribution is -0.0893. The van der Waals surface area contributed by atoms with E-state index in [2.05, 4.69) is 91.9 Å². The molecular weight excluding hydrogens is 511 g/mol. The van der Waals surface area contributed by atoms with E-state index < -0.39 is 11.2 Å². The van der Waals surface area contributed by atoms with Crippen LogP contribution in [-0.4, -0.2) is 23.8 Å². The van der Waals surface area contributed by atoms with E-state index in [0.717, 1.165) is 16.6 Å². The number of fused-ring (bicyclic) bond motifs is 7. The summed E-state index contributed by atoms with van der Waals surface area (Å²) in [5.41, 5.74) is 2.70. The van der Waals surface area contributed by atoms with Crippen molar-refractivity contribution in [1.82, 2.24) is 0 Å². The van der Waals surface area contributed by atoms with Gasteiger partial charge in [-0.2, -0.15) is 0 Å². The zero-order valence-corrected chi connectivity index (χ0v) is 24.4. The van der Waals surface area contributed by atoms with Crippen molar-refractivity contribution in [2.24, 2.45) is 5.92 Å². The smallest absolute Gasteiger partial charge is 0.310 e. The van der Waals surface area contributed by atoms with Crippen LogP contribution in [0, 0.1) is 5.92 Å². The Hall–Kier alpha value is -3.38. The Morgan fingerprint density at radius 3 is 2.38 bits per heavy atom. The first-order valence-electron chi connectivity index (χ1n) is 14.0. The van der Waals surface area contributed by atoms with Gasteiger partial charge in [-0.15, -0.1) is 11.3 Å². The molecule has 0 aliphatic heterocycles. The predicted molar refractivity (Wildman–Crippen MR) is 171 cm³/mol. The molecule has 1 aliphatic carbocycles. The van der Waals surface area contributed by atoms with Gasteiger partial charge in [0.05, 0.1) is 11.2 Å². The van der Waals surface area contributed by atoms with Crippen molar-refractivity contribution in [2.45, 2.75) is 51.7 Å². The minimum absolute atomic E-state index is 0.252. The summed E-state index contributed by atoms with van der Waals surface area (Å²) in [4.78, 5) is 0. The summed E-state index contributed by atoms with van der Waals surface area (Å²) < 4.78 is 15.2. The molecule has 1 N–H and O–H groups in total. The van der Waals surface area contributed by atoms with Crippen LogP contribution in [0.1, 0.15) is 46.1 Å². The molecule has 0 saturated heterocycles. The fourth-order valence-corrected chi connectivity index (χ4v) is 7.16. The lowest BCUT2D eigenvalue weighted by Gasteiger charge is -2.37. The maximum absolute atomic E-state index is 10.6. The molecule has 2 atom stereocenters. The van der Waals surface area contributed by atoms with Gasteiger partial charge in [0.15, 0.2) is 0 Å². The zero-order valence-electron chi connectivity index (χ0n) is 23.6. The van der Waals surface area contributed by atoms with Crippen LogP contribution in [0.5, 0.6) is 0 Å². The van der Waals surface area contributed by atoms with Gasteiger partial charge in [-0.3, -0.25) is 0 Å². The molecule has 3 nitrogen and oxygen atoms in total. The Morgan fingerprint density at radius 2 is 1.60 bits per heavy atom. The summed E-state index contributed by atoms with van der Waals surface area (Å²) in [5, 5.41) is 17.9. The number of rotatable bonds is 5. The molecule has 0 spiro atoms. The molecule has 4 aromatic carbocycles. The summed E-state index contributed by atoms with van der Waals surface area (Å²) in [6.45, 7) is 9.82. The second kappa shape index (κ2) is 9.07. The second-order valence-corrected chi connectivity index (χ2v) is 13.4. The molecule has 2 aromatic heterocycles. The van der Waals surface area contributed by atoms with Crippen LogP contribution in [0.2, 0.25) is 0 Å². The molecule has 0 bridgehead atoms. The number of benzene rings is 4. The van der Waals surface area contributed by atoms with E-state index in [1.54, 1.807) is 13.8 Å². The second-order valence-electron chi connectivity index (χ2n) is 12.3. The average Bonchev–Trinajstić information content (AvgIpc) is 3.46. The predicted octanol–water partition coefficient (Wildman–Crippen LogP) is 6.49. The van der Waals surface area contributed by atoms with E-state index in [1.165, 1.54) is 46.9 Å². The summed E-state index contributed by atoms with van der Waals surface area (Å²) >= 11 is 1.85. The molecule has 2 unspecified atom stereocenters. The molecule has 2 heterocycles. The summed E-state index contributed by atoms with van der Waals surface area (Å²) in [6.07, 6.45) is 4.89. The van der Waals surface area contributed by atoms with Gasteiger partial charge < -0.3 is 14.2 Å². The van der Waals surface area contributed by atoms with Crippen molar-refractivity contribution in [1.29, 1.82) is 0 Å². The molecule has 0 fully saturated rings. The number of thiophene rings is 1. The molecule has 5 heteroatoms. The molecule has 7 rings (SSSR count). The number of hydrogen-bond donors (Lipinski definition) is 1. The highest BCUT2D eigenvalue weighted by atomic mass is 32.1. The summed E-state index contributed by atoms with van der Waals surface area (Å²) in [6, 6.07) is 26.0. The molecule has 6 aromatic rings. The van der Waals surface area contributed by atoms with Crippen molar-refractivity contribution >= 4 is 79.2 Å². The molecular formula is C35H33BO3S. The lowest BCUT2D eigenvalue weighted by Crippen LogP contribution is -2.49. The van der Waals surface area contributed by atoms with Crippen LogP contribution < -0.4 is 15.2 Å². The first-order valence-corrected chi connectivity index (χ1v) is 14.9. The quantitative estimate of drug-likeness (QED) is 0.252. The minimum Gasteiger partial charge on any atom is -0.456 e. The highest BCUT2D eigenvalue weighted by molar-refractivity contribution is 7.17.